The fraction of sp³-hybridized carbons (Fsp3) is 0.462. The second-order valence-corrected chi connectivity index (χ2v) is 4.23. The zero-order valence-corrected chi connectivity index (χ0v) is 13.9. The lowest BCUT2D eigenvalue weighted by molar-refractivity contribution is -0.0512. The molecule has 0 unspecified atom stereocenters. The molecule has 0 radical (unpaired) electrons. The monoisotopic (exact) mass is 413 g/mol. The van der Waals surface area contributed by atoms with E-state index in [9.17, 15) is 8.78 Å². The van der Waals surface area contributed by atoms with Crippen molar-refractivity contribution in [2.45, 2.75) is 19.6 Å². The predicted molar refractivity (Wildman–Crippen MR) is 86.8 cm³/mol. The summed E-state index contributed by atoms with van der Waals surface area (Å²) in [7, 11) is 1.41. The lowest BCUT2D eigenvalue weighted by Gasteiger charge is -2.16. The Balaban J connectivity index is 0.00000220. The van der Waals surface area contributed by atoms with E-state index in [2.05, 4.69) is 20.4 Å². The maximum atomic E-state index is 12.3. The molecule has 0 saturated carbocycles. The van der Waals surface area contributed by atoms with Crippen LogP contribution in [-0.4, -0.2) is 32.8 Å². The van der Waals surface area contributed by atoms with Crippen molar-refractivity contribution in [3.63, 3.8) is 0 Å². The Morgan fingerprint density at radius 1 is 1.38 bits per heavy atom. The summed E-state index contributed by atoms with van der Waals surface area (Å²) < 4.78 is 34.1. The maximum Gasteiger partial charge on any atom is 0.387 e. The van der Waals surface area contributed by atoms with Crippen LogP contribution in [-0.2, 0) is 6.54 Å². The Bertz CT molecular complexity index is 486. The molecule has 1 aliphatic heterocycles. The van der Waals surface area contributed by atoms with Crippen molar-refractivity contribution in [3.05, 3.63) is 23.8 Å². The summed E-state index contributed by atoms with van der Waals surface area (Å²) in [6.07, 6.45) is 1.01. The number of rotatable bonds is 5. The first-order valence-corrected chi connectivity index (χ1v) is 6.33. The Hall–Kier alpha value is -1.32. The van der Waals surface area contributed by atoms with Crippen LogP contribution in [0.3, 0.4) is 0 Å². The number of hydrogen-bond donors (Lipinski definition) is 2. The molecule has 1 aromatic carbocycles. The SMILES string of the molecule is COc1ccc(CNC2=NCCCN2)cc1OC(F)F.I. The van der Waals surface area contributed by atoms with Crippen LogP contribution in [0.5, 0.6) is 11.5 Å². The first-order chi connectivity index (χ1) is 9.69. The van der Waals surface area contributed by atoms with Crippen LogP contribution in [0, 0.1) is 0 Å². The van der Waals surface area contributed by atoms with Gasteiger partial charge in [0.05, 0.1) is 7.11 Å². The minimum Gasteiger partial charge on any atom is -0.493 e. The molecule has 8 heteroatoms. The summed E-state index contributed by atoms with van der Waals surface area (Å²) in [5.74, 6) is 1.03. The van der Waals surface area contributed by atoms with Crippen molar-refractivity contribution < 1.29 is 18.3 Å². The molecular weight excluding hydrogens is 395 g/mol. The molecule has 21 heavy (non-hydrogen) atoms. The summed E-state index contributed by atoms with van der Waals surface area (Å²) >= 11 is 0. The highest BCUT2D eigenvalue weighted by Gasteiger charge is 2.11. The molecule has 0 bridgehead atoms. The molecule has 2 N–H and O–H groups in total. The summed E-state index contributed by atoms with van der Waals surface area (Å²) in [6, 6.07) is 4.92. The van der Waals surface area contributed by atoms with Gasteiger partial charge in [-0.2, -0.15) is 8.78 Å². The highest BCUT2D eigenvalue weighted by Crippen LogP contribution is 2.29. The van der Waals surface area contributed by atoms with Crippen LogP contribution in [0.25, 0.3) is 0 Å². The first-order valence-electron chi connectivity index (χ1n) is 6.33. The normalized spacial score (nSPS) is 13.8. The minimum absolute atomic E-state index is 0. The van der Waals surface area contributed by atoms with Crippen molar-refractivity contribution in [2.24, 2.45) is 4.99 Å². The van der Waals surface area contributed by atoms with Gasteiger partial charge in [0.1, 0.15) is 0 Å². The van der Waals surface area contributed by atoms with Gasteiger partial charge in [0, 0.05) is 19.6 Å². The third-order valence-corrected chi connectivity index (χ3v) is 2.80. The quantitative estimate of drug-likeness (QED) is 0.728. The predicted octanol–water partition coefficient (Wildman–Crippen LogP) is 2.35. The van der Waals surface area contributed by atoms with Gasteiger partial charge < -0.3 is 20.1 Å². The van der Waals surface area contributed by atoms with Gasteiger partial charge in [-0.1, -0.05) is 6.07 Å². The van der Waals surface area contributed by atoms with Crippen LogP contribution in [0.1, 0.15) is 12.0 Å². The second kappa shape index (κ2) is 8.85. The average molecular weight is 413 g/mol. The number of nitrogens with one attached hydrogen (secondary N) is 2. The third-order valence-electron chi connectivity index (χ3n) is 2.80. The van der Waals surface area contributed by atoms with Gasteiger partial charge in [0.25, 0.3) is 0 Å². The number of alkyl halides is 2. The van der Waals surface area contributed by atoms with Crippen molar-refractivity contribution in [2.75, 3.05) is 20.2 Å². The molecule has 0 fully saturated rings. The largest absolute Gasteiger partial charge is 0.493 e. The molecule has 1 aromatic rings. The lowest BCUT2D eigenvalue weighted by Crippen LogP contribution is -2.40. The van der Waals surface area contributed by atoms with Crippen LogP contribution >= 0.6 is 24.0 Å². The van der Waals surface area contributed by atoms with Crippen molar-refractivity contribution in [1.29, 1.82) is 0 Å². The van der Waals surface area contributed by atoms with Gasteiger partial charge in [-0.05, 0) is 24.1 Å². The van der Waals surface area contributed by atoms with E-state index in [1.165, 1.54) is 13.2 Å². The van der Waals surface area contributed by atoms with E-state index >= 15 is 0 Å². The molecule has 1 aliphatic rings. The molecule has 5 nitrogen and oxygen atoms in total. The van der Waals surface area contributed by atoms with Gasteiger partial charge >= 0.3 is 6.61 Å². The Morgan fingerprint density at radius 2 is 2.19 bits per heavy atom. The number of guanidine groups is 1. The Labute approximate surface area is 139 Å². The average Bonchev–Trinajstić information content (AvgIpc) is 2.46. The highest BCUT2D eigenvalue weighted by molar-refractivity contribution is 14.0. The molecule has 0 amide bonds. The van der Waals surface area contributed by atoms with Crippen molar-refractivity contribution >= 4 is 29.9 Å². The minimum atomic E-state index is -2.88. The Kier molecular flexibility index (Phi) is 7.48. The lowest BCUT2D eigenvalue weighted by atomic mass is 10.2. The van der Waals surface area contributed by atoms with Crippen LogP contribution in [0.15, 0.2) is 23.2 Å². The topological polar surface area (TPSA) is 54.9 Å². The zero-order valence-electron chi connectivity index (χ0n) is 11.6. The molecule has 0 spiro atoms. The van der Waals surface area contributed by atoms with Gasteiger partial charge in [0.15, 0.2) is 17.5 Å². The fourth-order valence-electron chi connectivity index (χ4n) is 1.86. The number of aliphatic imine (C=N–C) groups is 1. The molecule has 0 aromatic heterocycles. The van der Waals surface area contributed by atoms with Crippen LogP contribution in [0.4, 0.5) is 8.78 Å². The van der Waals surface area contributed by atoms with E-state index in [4.69, 9.17) is 4.74 Å². The smallest absolute Gasteiger partial charge is 0.387 e. The third kappa shape index (κ3) is 5.52. The molecule has 0 atom stereocenters. The number of hydrogen-bond acceptors (Lipinski definition) is 5. The van der Waals surface area contributed by atoms with E-state index in [1.807, 2.05) is 0 Å². The number of methoxy groups -OCH3 is 1. The summed E-state index contributed by atoms with van der Waals surface area (Å²) in [5.41, 5.74) is 0.802. The number of benzene rings is 1. The van der Waals surface area contributed by atoms with Gasteiger partial charge in [-0.25, -0.2) is 0 Å². The first kappa shape index (κ1) is 17.7. The van der Waals surface area contributed by atoms with Gasteiger partial charge in [0.2, 0.25) is 0 Å². The van der Waals surface area contributed by atoms with E-state index in [0.717, 1.165) is 31.0 Å². The standard InChI is InChI=1S/C13H17F2N3O2.HI/c1-19-10-4-3-9(7-11(10)20-12(14)15)8-18-13-16-5-2-6-17-13;/h3-4,7,12H,2,5-6,8H2,1H3,(H2,16,17,18);1H. The Morgan fingerprint density at radius 3 is 2.81 bits per heavy atom. The molecule has 0 saturated heterocycles. The molecule has 118 valence electrons. The van der Waals surface area contributed by atoms with Gasteiger partial charge in [-0.15, -0.1) is 24.0 Å². The summed E-state index contributed by atoms with van der Waals surface area (Å²) in [6.45, 7) is -0.738. The molecule has 0 aliphatic carbocycles. The molecular formula is C13H18F2IN3O2. The fourth-order valence-corrected chi connectivity index (χ4v) is 1.86. The molecule has 2 rings (SSSR count). The summed E-state index contributed by atoms with van der Waals surface area (Å²) in [4.78, 5) is 4.27. The van der Waals surface area contributed by atoms with Crippen LogP contribution in [0.2, 0.25) is 0 Å². The van der Waals surface area contributed by atoms with Crippen LogP contribution < -0.4 is 20.1 Å². The van der Waals surface area contributed by atoms with E-state index < -0.39 is 6.61 Å². The second-order valence-electron chi connectivity index (χ2n) is 4.23. The van der Waals surface area contributed by atoms with Crippen molar-refractivity contribution in [3.8, 4) is 11.5 Å². The molecule has 1 heterocycles. The maximum absolute atomic E-state index is 12.3. The number of nitrogens with zero attached hydrogens (tertiary/aromatic N) is 1. The van der Waals surface area contributed by atoms with E-state index in [0.29, 0.717) is 6.54 Å². The van der Waals surface area contributed by atoms with E-state index in [1.54, 1.807) is 12.1 Å². The van der Waals surface area contributed by atoms with Crippen molar-refractivity contribution in [1.82, 2.24) is 10.6 Å². The highest BCUT2D eigenvalue weighted by atomic mass is 127. The number of ether oxygens (including phenoxy) is 2. The number of halogens is 3. The van der Waals surface area contributed by atoms with Gasteiger partial charge in [-0.3, -0.25) is 4.99 Å². The summed E-state index contributed by atoms with van der Waals surface area (Å²) in [5, 5.41) is 6.23. The van der Waals surface area contributed by atoms with E-state index in [-0.39, 0.29) is 35.5 Å². The zero-order chi connectivity index (χ0) is 14.4.